The highest BCUT2D eigenvalue weighted by atomic mass is 79.9. The van der Waals surface area contributed by atoms with E-state index in [0.29, 0.717) is 18.9 Å². The lowest BCUT2D eigenvalue weighted by atomic mass is 9.77. The van der Waals surface area contributed by atoms with E-state index in [4.69, 9.17) is 0 Å². The SMILES string of the molecule is Cc1nc2cc(-c3ccc(C4CCCC(C(=O)Nc5ccc(C(F)(F)F)cc5F)C4)c(Br)c3)ccc2n1C. The Hall–Kier alpha value is -3.20. The van der Waals surface area contributed by atoms with Crippen molar-refractivity contribution in [3.05, 3.63) is 81.8 Å². The summed E-state index contributed by atoms with van der Waals surface area (Å²) < 4.78 is 55.7. The van der Waals surface area contributed by atoms with E-state index in [9.17, 15) is 22.4 Å². The van der Waals surface area contributed by atoms with Crippen LogP contribution in [0, 0.1) is 18.7 Å². The molecule has 4 nitrogen and oxygen atoms in total. The highest BCUT2D eigenvalue weighted by Gasteiger charge is 2.32. The molecule has 2 atom stereocenters. The van der Waals surface area contributed by atoms with Crippen molar-refractivity contribution in [1.82, 2.24) is 9.55 Å². The molecule has 1 heterocycles. The number of nitrogens with zero attached hydrogens (tertiary/aromatic N) is 2. The van der Waals surface area contributed by atoms with Gasteiger partial charge >= 0.3 is 6.18 Å². The van der Waals surface area contributed by atoms with Crippen molar-refractivity contribution < 1.29 is 22.4 Å². The average molecular weight is 588 g/mol. The molecule has 4 aromatic rings. The summed E-state index contributed by atoms with van der Waals surface area (Å²) in [5.41, 5.74) is 3.89. The van der Waals surface area contributed by atoms with Gasteiger partial charge in [0, 0.05) is 17.4 Å². The summed E-state index contributed by atoms with van der Waals surface area (Å²) in [5, 5.41) is 2.50. The van der Waals surface area contributed by atoms with Crippen LogP contribution in [0.4, 0.5) is 23.2 Å². The molecule has 1 aliphatic carbocycles. The van der Waals surface area contributed by atoms with E-state index >= 15 is 0 Å². The number of hydrogen-bond acceptors (Lipinski definition) is 2. The Morgan fingerprint density at radius 3 is 2.50 bits per heavy atom. The van der Waals surface area contributed by atoms with Crippen molar-refractivity contribution in [2.75, 3.05) is 5.32 Å². The second-order valence-corrected chi connectivity index (χ2v) is 10.8. The Morgan fingerprint density at radius 1 is 1.05 bits per heavy atom. The molecule has 1 fully saturated rings. The number of fused-ring (bicyclic) bond motifs is 1. The van der Waals surface area contributed by atoms with Crippen molar-refractivity contribution in [3.8, 4) is 11.1 Å². The summed E-state index contributed by atoms with van der Waals surface area (Å²) >= 11 is 3.73. The minimum atomic E-state index is -4.65. The monoisotopic (exact) mass is 587 g/mol. The van der Waals surface area contributed by atoms with Gasteiger partial charge in [-0.2, -0.15) is 13.2 Å². The van der Waals surface area contributed by atoms with Gasteiger partial charge in [-0.05, 0) is 85.2 Å². The minimum Gasteiger partial charge on any atom is -0.331 e. The fourth-order valence-corrected chi connectivity index (χ4v) is 5.98. The number of alkyl halides is 3. The van der Waals surface area contributed by atoms with E-state index in [1.165, 1.54) is 0 Å². The number of hydrogen-bond donors (Lipinski definition) is 1. The van der Waals surface area contributed by atoms with Gasteiger partial charge in [0.2, 0.25) is 5.91 Å². The number of benzene rings is 3. The largest absolute Gasteiger partial charge is 0.416 e. The average Bonchev–Trinajstić information content (AvgIpc) is 3.17. The summed E-state index contributed by atoms with van der Waals surface area (Å²) in [4.78, 5) is 17.5. The van der Waals surface area contributed by atoms with E-state index in [2.05, 4.69) is 67.2 Å². The van der Waals surface area contributed by atoms with Crippen molar-refractivity contribution in [1.29, 1.82) is 0 Å². The molecule has 0 radical (unpaired) electrons. The van der Waals surface area contributed by atoms with Crippen LogP contribution in [-0.4, -0.2) is 15.5 Å². The first kappa shape index (κ1) is 26.4. The Labute approximate surface area is 226 Å². The molecule has 9 heteroatoms. The summed E-state index contributed by atoms with van der Waals surface area (Å²) in [6.45, 7) is 1.97. The van der Waals surface area contributed by atoms with Crippen molar-refractivity contribution in [3.63, 3.8) is 0 Å². The third-order valence-electron chi connectivity index (χ3n) is 7.48. The summed E-state index contributed by atoms with van der Waals surface area (Å²) in [6, 6.07) is 14.6. The minimum absolute atomic E-state index is 0.126. The quantitative estimate of drug-likeness (QED) is 0.244. The van der Waals surface area contributed by atoms with Crippen LogP contribution in [0.2, 0.25) is 0 Å². The summed E-state index contributed by atoms with van der Waals surface area (Å²) in [5.74, 6) is -0.762. The number of nitrogens with one attached hydrogen (secondary N) is 1. The van der Waals surface area contributed by atoms with Gasteiger partial charge in [-0.25, -0.2) is 9.37 Å². The highest BCUT2D eigenvalue weighted by molar-refractivity contribution is 9.10. The Kier molecular flexibility index (Phi) is 7.07. The van der Waals surface area contributed by atoms with Crippen LogP contribution in [0.1, 0.15) is 48.6 Å². The molecule has 5 rings (SSSR count). The van der Waals surface area contributed by atoms with E-state index in [-0.39, 0.29) is 23.4 Å². The highest BCUT2D eigenvalue weighted by Crippen LogP contribution is 2.41. The van der Waals surface area contributed by atoms with Crippen molar-refractivity contribution in [2.45, 2.75) is 44.7 Å². The molecular weight excluding hydrogens is 562 g/mol. The maximum absolute atomic E-state index is 14.3. The van der Waals surface area contributed by atoms with E-state index < -0.39 is 17.6 Å². The van der Waals surface area contributed by atoms with Crippen molar-refractivity contribution >= 4 is 38.6 Å². The Morgan fingerprint density at radius 2 is 1.79 bits per heavy atom. The number of carbonyl (C=O) groups excluding carboxylic acids is 1. The van der Waals surface area contributed by atoms with Crippen LogP contribution in [0.15, 0.2) is 59.1 Å². The first-order chi connectivity index (χ1) is 18.0. The molecule has 1 amide bonds. The second-order valence-electron chi connectivity index (χ2n) is 9.90. The molecule has 0 aliphatic heterocycles. The lowest BCUT2D eigenvalue weighted by Crippen LogP contribution is -2.28. The maximum atomic E-state index is 14.3. The number of rotatable bonds is 4. The molecule has 1 saturated carbocycles. The van der Waals surface area contributed by atoms with Crippen LogP contribution in [0.5, 0.6) is 0 Å². The zero-order chi connectivity index (χ0) is 27.2. The number of amides is 1. The lowest BCUT2D eigenvalue weighted by Gasteiger charge is -2.29. The number of halogens is 5. The van der Waals surface area contributed by atoms with Gasteiger partial charge < -0.3 is 9.88 Å². The molecule has 0 saturated heterocycles. The molecule has 2 unspecified atom stereocenters. The maximum Gasteiger partial charge on any atom is 0.416 e. The van der Waals surface area contributed by atoms with Crippen LogP contribution in [0.3, 0.4) is 0 Å². The van der Waals surface area contributed by atoms with E-state index in [0.717, 1.165) is 63.0 Å². The molecule has 1 N–H and O–H groups in total. The second kappa shape index (κ2) is 10.2. The van der Waals surface area contributed by atoms with E-state index in [1.807, 2.05) is 14.0 Å². The van der Waals surface area contributed by atoms with Gasteiger partial charge in [0.05, 0.1) is 22.3 Å². The third-order valence-corrected chi connectivity index (χ3v) is 8.16. The van der Waals surface area contributed by atoms with Crippen LogP contribution in [-0.2, 0) is 18.0 Å². The number of imidazole rings is 1. The van der Waals surface area contributed by atoms with Gasteiger partial charge in [0.15, 0.2) is 0 Å². The molecule has 0 bridgehead atoms. The topological polar surface area (TPSA) is 46.9 Å². The van der Waals surface area contributed by atoms with E-state index in [1.54, 1.807) is 0 Å². The molecular formula is C29H26BrF4N3O. The first-order valence-electron chi connectivity index (χ1n) is 12.4. The van der Waals surface area contributed by atoms with Gasteiger partial charge in [0.1, 0.15) is 11.6 Å². The normalized spacial score (nSPS) is 18.1. The van der Waals surface area contributed by atoms with Gasteiger partial charge in [-0.3, -0.25) is 4.79 Å². The smallest absolute Gasteiger partial charge is 0.331 e. The molecule has 1 aliphatic rings. The zero-order valence-corrected chi connectivity index (χ0v) is 22.5. The fraction of sp³-hybridized carbons (Fsp3) is 0.310. The Balaban J connectivity index is 1.30. The Bertz CT molecular complexity index is 1530. The number of anilines is 1. The number of aromatic nitrogens is 2. The zero-order valence-electron chi connectivity index (χ0n) is 20.9. The van der Waals surface area contributed by atoms with Crippen LogP contribution < -0.4 is 5.32 Å². The molecule has 0 spiro atoms. The molecule has 1 aromatic heterocycles. The number of aryl methyl sites for hydroxylation is 2. The third kappa shape index (κ3) is 5.21. The van der Waals surface area contributed by atoms with Crippen LogP contribution >= 0.6 is 15.9 Å². The summed E-state index contributed by atoms with van der Waals surface area (Å²) in [7, 11) is 1.99. The molecule has 3 aromatic carbocycles. The lowest BCUT2D eigenvalue weighted by molar-refractivity contribution is -0.137. The fourth-order valence-electron chi connectivity index (χ4n) is 5.28. The van der Waals surface area contributed by atoms with Gasteiger partial charge in [-0.1, -0.05) is 40.5 Å². The molecule has 198 valence electrons. The number of carbonyl (C=O) groups is 1. The predicted molar refractivity (Wildman–Crippen MR) is 143 cm³/mol. The van der Waals surface area contributed by atoms with Crippen molar-refractivity contribution in [2.24, 2.45) is 13.0 Å². The van der Waals surface area contributed by atoms with Gasteiger partial charge in [-0.15, -0.1) is 0 Å². The first-order valence-corrected chi connectivity index (χ1v) is 13.2. The molecule has 38 heavy (non-hydrogen) atoms. The van der Waals surface area contributed by atoms with Gasteiger partial charge in [0.25, 0.3) is 0 Å². The standard InChI is InChI=1S/C29H26BrF4N3O/c1-16-35-26-14-18(7-11-27(26)37(16)2)17-6-9-22(23(30)13-17)19-4-3-5-20(12-19)28(38)36-25-10-8-21(15-24(25)31)29(32,33)34/h6-11,13-15,19-20H,3-5,12H2,1-2H3,(H,36,38). The summed E-state index contributed by atoms with van der Waals surface area (Å²) in [6.07, 6.45) is -1.69. The van der Waals surface area contributed by atoms with Crippen LogP contribution in [0.25, 0.3) is 22.2 Å². The predicted octanol–water partition coefficient (Wildman–Crippen LogP) is 8.38.